The monoisotopic (exact) mass is 381 g/mol. The molecule has 2 rings (SSSR count). The summed E-state index contributed by atoms with van der Waals surface area (Å²) in [5.74, 6) is -0.747. The first kappa shape index (κ1) is 22.1. The molecule has 1 aromatic carbocycles. The van der Waals surface area contributed by atoms with Gasteiger partial charge in [-0.15, -0.1) is 12.4 Å². The van der Waals surface area contributed by atoms with Crippen molar-refractivity contribution in [1.82, 2.24) is 10.2 Å². The lowest BCUT2D eigenvalue weighted by Crippen LogP contribution is -2.55. The highest BCUT2D eigenvalue weighted by Gasteiger charge is 2.36. The average molecular weight is 382 g/mol. The van der Waals surface area contributed by atoms with Crippen LogP contribution in [0.25, 0.3) is 0 Å². The van der Waals surface area contributed by atoms with Crippen LogP contribution in [-0.4, -0.2) is 41.2 Å². The Kier molecular flexibility index (Phi) is 7.35. The molecule has 1 atom stereocenters. The van der Waals surface area contributed by atoms with E-state index in [2.05, 4.69) is 5.32 Å². The summed E-state index contributed by atoms with van der Waals surface area (Å²) in [5, 5.41) is 2.95. The summed E-state index contributed by atoms with van der Waals surface area (Å²) in [5.41, 5.74) is 6.29. The zero-order valence-corrected chi connectivity index (χ0v) is 16.6. The molecule has 0 aromatic heterocycles. The molecule has 3 amide bonds. The first-order chi connectivity index (χ1) is 11.7. The third-order valence-corrected chi connectivity index (χ3v) is 5.07. The molecule has 0 aliphatic carbocycles. The topological polar surface area (TPSA) is 92.5 Å². The fraction of sp³-hybridized carbons (Fsp3) is 0.526. The molecular weight excluding hydrogens is 354 g/mol. The van der Waals surface area contributed by atoms with Gasteiger partial charge in [-0.2, -0.15) is 0 Å². The van der Waals surface area contributed by atoms with Crippen molar-refractivity contribution in [3.63, 3.8) is 0 Å². The Hall–Kier alpha value is -1.92. The minimum atomic E-state index is -0.539. The first-order valence-electron chi connectivity index (χ1n) is 8.78. The Morgan fingerprint density at radius 2 is 1.85 bits per heavy atom. The lowest BCUT2D eigenvalue weighted by Gasteiger charge is -2.33. The van der Waals surface area contributed by atoms with E-state index in [1.807, 2.05) is 27.7 Å². The van der Waals surface area contributed by atoms with Gasteiger partial charge in [-0.1, -0.05) is 27.2 Å². The number of unbranched alkanes of at least 4 members (excludes halogenated alkanes) is 1. The standard InChI is InChI=1S/C19H27N3O3.ClH/c1-5-6-9-22-17(24)14-8-7-13(10-15(14)18(22)25)16(23)21-19(4,11-20)12(2)3;/h7-8,10,12H,5-6,9,11,20H2,1-4H3,(H,21,23);1H. The molecule has 1 aromatic rings. The molecule has 0 bridgehead atoms. The lowest BCUT2D eigenvalue weighted by atomic mass is 9.88. The van der Waals surface area contributed by atoms with Gasteiger partial charge in [-0.3, -0.25) is 19.3 Å². The molecule has 0 radical (unpaired) electrons. The van der Waals surface area contributed by atoms with E-state index in [4.69, 9.17) is 5.73 Å². The van der Waals surface area contributed by atoms with Gasteiger partial charge in [-0.25, -0.2) is 0 Å². The van der Waals surface area contributed by atoms with Crippen LogP contribution in [0, 0.1) is 5.92 Å². The molecule has 1 heterocycles. The summed E-state index contributed by atoms with van der Waals surface area (Å²) in [4.78, 5) is 38.7. The van der Waals surface area contributed by atoms with Gasteiger partial charge in [-0.05, 0) is 37.5 Å². The van der Waals surface area contributed by atoms with Gasteiger partial charge in [0.15, 0.2) is 0 Å². The molecule has 26 heavy (non-hydrogen) atoms. The summed E-state index contributed by atoms with van der Waals surface area (Å²) in [6.45, 7) is 8.59. The minimum absolute atomic E-state index is 0. The zero-order valence-electron chi connectivity index (χ0n) is 15.8. The third kappa shape index (κ3) is 4.07. The fourth-order valence-electron chi connectivity index (χ4n) is 2.71. The lowest BCUT2D eigenvalue weighted by molar-refractivity contribution is 0.0652. The number of hydrogen-bond donors (Lipinski definition) is 2. The Labute approximate surface area is 160 Å². The minimum Gasteiger partial charge on any atom is -0.345 e. The predicted octanol–water partition coefficient (Wildman–Crippen LogP) is 2.61. The van der Waals surface area contributed by atoms with E-state index in [0.29, 0.717) is 29.8 Å². The van der Waals surface area contributed by atoms with Gasteiger partial charge in [0.05, 0.1) is 16.7 Å². The van der Waals surface area contributed by atoms with Crippen molar-refractivity contribution in [3.05, 3.63) is 34.9 Å². The number of halogens is 1. The van der Waals surface area contributed by atoms with Crippen molar-refractivity contribution < 1.29 is 14.4 Å². The number of nitrogens with two attached hydrogens (primary N) is 1. The number of imide groups is 1. The van der Waals surface area contributed by atoms with E-state index in [1.165, 1.54) is 11.0 Å². The largest absolute Gasteiger partial charge is 0.345 e. The number of hydrogen-bond acceptors (Lipinski definition) is 4. The fourth-order valence-corrected chi connectivity index (χ4v) is 2.71. The van der Waals surface area contributed by atoms with Crippen LogP contribution in [-0.2, 0) is 0 Å². The van der Waals surface area contributed by atoms with E-state index in [1.54, 1.807) is 12.1 Å². The summed E-state index contributed by atoms with van der Waals surface area (Å²) < 4.78 is 0. The molecule has 6 nitrogen and oxygen atoms in total. The van der Waals surface area contributed by atoms with Gasteiger partial charge < -0.3 is 11.1 Å². The van der Waals surface area contributed by atoms with Crippen LogP contribution < -0.4 is 11.1 Å². The van der Waals surface area contributed by atoms with E-state index in [-0.39, 0.29) is 36.0 Å². The Morgan fingerprint density at radius 1 is 1.23 bits per heavy atom. The van der Waals surface area contributed by atoms with Crippen LogP contribution in [0.5, 0.6) is 0 Å². The maximum Gasteiger partial charge on any atom is 0.261 e. The summed E-state index contributed by atoms with van der Waals surface area (Å²) in [6, 6.07) is 4.65. The number of carbonyl (C=O) groups is 3. The highest BCUT2D eigenvalue weighted by molar-refractivity contribution is 6.22. The van der Waals surface area contributed by atoms with Crippen molar-refractivity contribution in [2.45, 2.75) is 46.1 Å². The number of amides is 3. The maximum atomic E-state index is 12.6. The number of carbonyl (C=O) groups excluding carboxylic acids is 3. The Balaban J connectivity index is 0.00000338. The highest BCUT2D eigenvalue weighted by Crippen LogP contribution is 2.25. The van der Waals surface area contributed by atoms with Crippen LogP contribution in [0.15, 0.2) is 18.2 Å². The molecular formula is C19H28ClN3O3. The Morgan fingerprint density at radius 3 is 2.38 bits per heavy atom. The molecule has 7 heteroatoms. The SMILES string of the molecule is CCCCN1C(=O)c2ccc(C(=O)NC(C)(CN)C(C)C)cc2C1=O.Cl. The van der Waals surface area contributed by atoms with Gasteiger partial charge in [0.2, 0.25) is 0 Å². The second-order valence-corrected chi connectivity index (χ2v) is 7.11. The second kappa shape index (κ2) is 8.64. The van der Waals surface area contributed by atoms with Crippen LogP contribution in [0.2, 0.25) is 0 Å². The number of nitrogens with zero attached hydrogens (tertiary/aromatic N) is 1. The molecule has 1 aliphatic rings. The summed E-state index contributed by atoms with van der Waals surface area (Å²) in [7, 11) is 0. The maximum absolute atomic E-state index is 12.6. The van der Waals surface area contributed by atoms with E-state index in [0.717, 1.165) is 12.8 Å². The molecule has 1 aliphatic heterocycles. The number of benzene rings is 1. The highest BCUT2D eigenvalue weighted by atomic mass is 35.5. The molecule has 3 N–H and O–H groups in total. The number of nitrogens with one attached hydrogen (secondary N) is 1. The van der Waals surface area contributed by atoms with Crippen LogP contribution in [0.4, 0.5) is 0 Å². The Bertz CT molecular complexity index is 705. The van der Waals surface area contributed by atoms with Crippen molar-refractivity contribution in [3.8, 4) is 0 Å². The molecule has 0 spiro atoms. The zero-order chi connectivity index (χ0) is 18.8. The smallest absolute Gasteiger partial charge is 0.261 e. The van der Waals surface area contributed by atoms with E-state index >= 15 is 0 Å². The van der Waals surface area contributed by atoms with E-state index in [9.17, 15) is 14.4 Å². The van der Waals surface area contributed by atoms with Crippen LogP contribution in [0.1, 0.15) is 71.6 Å². The van der Waals surface area contributed by atoms with Crippen LogP contribution in [0.3, 0.4) is 0 Å². The normalized spacial score (nSPS) is 15.5. The van der Waals surface area contributed by atoms with Crippen molar-refractivity contribution in [2.24, 2.45) is 11.7 Å². The van der Waals surface area contributed by atoms with Crippen molar-refractivity contribution >= 4 is 30.1 Å². The molecule has 0 saturated carbocycles. The molecule has 0 fully saturated rings. The van der Waals surface area contributed by atoms with Gasteiger partial charge in [0, 0.05) is 18.7 Å². The van der Waals surface area contributed by atoms with Gasteiger partial charge in [0.1, 0.15) is 0 Å². The predicted molar refractivity (Wildman–Crippen MR) is 104 cm³/mol. The van der Waals surface area contributed by atoms with Crippen molar-refractivity contribution in [1.29, 1.82) is 0 Å². The van der Waals surface area contributed by atoms with Gasteiger partial charge >= 0.3 is 0 Å². The number of fused-ring (bicyclic) bond motifs is 1. The quantitative estimate of drug-likeness (QED) is 0.710. The second-order valence-electron chi connectivity index (χ2n) is 7.11. The summed E-state index contributed by atoms with van der Waals surface area (Å²) >= 11 is 0. The van der Waals surface area contributed by atoms with Crippen molar-refractivity contribution in [2.75, 3.05) is 13.1 Å². The van der Waals surface area contributed by atoms with Gasteiger partial charge in [0.25, 0.3) is 17.7 Å². The van der Waals surface area contributed by atoms with Crippen LogP contribution >= 0.6 is 12.4 Å². The van der Waals surface area contributed by atoms with E-state index < -0.39 is 5.54 Å². The first-order valence-corrected chi connectivity index (χ1v) is 8.78. The third-order valence-electron chi connectivity index (χ3n) is 5.07. The molecule has 1 unspecified atom stereocenters. The molecule has 0 saturated heterocycles. The average Bonchev–Trinajstić information content (AvgIpc) is 2.83. The molecule has 144 valence electrons. The summed E-state index contributed by atoms with van der Waals surface area (Å²) in [6.07, 6.45) is 1.66. The number of rotatable bonds is 7.